The van der Waals surface area contributed by atoms with Gasteiger partial charge in [-0.2, -0.15) is 0 Å². The van der Waals surface area contributed by atoms with Crippen LogP contribution in [0.5, 0.6) is 0 Å². The Kier molecular flexibility index (Phi) is 6.12. The van der Waals surface area contributed by atoms with E-state index in [4.69, 9.17) is 4.99 Å². The van der Waals surface area contributed by atoms with Crippen LogP contribution < -0.4 is 10.6 Å². The van der Waals surface area contributed by atoms with E-state index >= 15 is 0 Å². The molecule has 0 bridgehead atoms. The fraction of sp³-hybridized carbons (Fsp3) is 0.650. The lowest BCUT2D eigenvalue weighted by Crippen LogP contribution is -2.45. The Balaban J connectivity index is 1.49. The number of nitrogens with zero attached hydrogens (tertiary/aromatic N) is 4. The minimum Gasteiger partial charge on any atom is -0.357 e. The first-order valence-electron chi connectivity index (χ1n) is 9.91. The van der Waals surface area contributed by atoms with Crippen LogP contribution in [-0.2, 0) is 6.42 Å². The molecule has 0 saturated heterocycles. The summed E-state index contributed by atoms with van der Waals surface area (Å²) in [6, 6.07) is 6.52. The molecule has 0 amide bonds. The molecule has 0 aliphatic heterocycles. The van der Waals surface area contributed by atoms with Gasteiger partial charge in [-0.15, -0.1) is 10.2 Å². The summed E-state index contributed by atoms with van der Waals surface area (Å²) in [5, 5.41) is 15.5. The van der Waals surface area contributed by atoms with Crippen LogP contribution in [0, 0.1) is 5.41 Å². The van der Waals surface area contributed by atoms with Gasteiger partial charge in [-0.05, 0) is 56.6 Å². The van der Waals surface area contributed by atoms with Gasteiger partial charge in [-0.25, -0.2) is 0 Å². The number of hydrogen-bond donors (Lipinski definition) is 2. The zero-order valence-corrected chi connectivity index (χ0v) is 16.3. The minimum absolute atomic E-state index is 0.495. The number of aliphatic imine (C=N–C) groups is 1. The molecule has 2 heterocycles. The van der Waals surface area contributed by atoms with E-state index in [1.54, 1.807) is 0 Å². The van der Waals surface area contributed by atoms with Gasteiger partial charge in [0.25, 0.3) is 0 Å². The third-order valence-corrected chi connectivity index (χ3v) is 5.24. The quantitative estimate of drug-likeness (QED) is 0.474. The molecule has 0 atom stereocenters. The van der Waals surface area contributed by atoms with Crippen molar-refractivity contribution in [2.75, 3.05) is 13.1 Å². The Labute approximate surface area is 156 Å². The van der Waals surface area contributed by atoms with Crippen LogP contribution in [0.2, 0.25) is 0 Å². The predicted octanol–water partition coefficient (Wildman–Crippen LogP) is 3.19. The van der Waals surface area contributed by atoms with E-state index in [1.165, 1.54) is 25.7 Å². The number of aryl methyl sites for hydroxylation is 1. The Morgan fingerprint density at radius 1 is 1.27 bits per heavy atom. The number of aromatic nitrogens is 3. The zero-order valence-electron chi connectivity index (χ0n) is 16.3. The van der Waals surface area contributed by atoms with Crippen molar-refractivity contribution in [3.63, 3.8) is 0 Å². The van der Waals surface area contributed by atoms with Crippen molar-refractivity contribution >= 4 is 11.6 Å². The van der Waals surface area contributed by atoms with Gasteiger partial charge in [0.1, 0.15) is 5.82 Å². The number of pyridine rings is 1. The van der Waals surface area contributed by atoms with Crippen molar-refractivity contribution in [1.29, 1.82) is 0 Å². The van der Waals surface area contributed by atoms with Crippen molar-refractivity contribution in [3.8, 4) is 0 Å². The largest absolute Gasteiger partial charge is 0.357 e. The van der Waals surface area contributed by atoms with E-state index in [9.17, 15) is 0 Å². The van der Waals surface area contributed by atoms with Crippen LogP contribution in [0.1, 0.15) is 58.7 Å². The molecule has 0 spiro atoms. The van der Waals surface area contributed by atoms with Crippen LogP contribution in [0.4, 0.5) is 0 Å². The van der Waals surface area contributed by atoms with E-state index in [1.807, 2.05) is 24.4 Å². The van der Waals surface area contributed by atoms with Crippen molar-refractivity contribution in [2.24, 2.45) is 10.4 Å². The Bertz CT molecular complexity index is 723. The predicted molar refractivity (Wildman–Crippen MR) is 106 cm³/mol. The van der Waals surface area contributed by atoms with Crippen LogP contribution >= 0.6 is 0 Å². The van der Waals surface area contributed by atoms with Gasteiger partial charge in [0.2, 0.25) is 0 Å². The molecule has 2 aromatic rings. The van der Waals surface area contributed by atoms with E-state index in [0.717, 1.165) is 43.4 Å². The highest BCUT2D eigenvalue weighted by molar-refractivity contribution is 5.80. The van der Waals surface area contributed by atoms with Gasteiger partial charge in [-0.3, -0.25) is 9.39 Å². The summed E-state index contributed by atoms with van der Waals surface area (Å²) < 4.78 is 2.05. The molecule has 2 N–H and O–H groups in total. The summed E-state index contributed by atoms with van der Waals surface area (Å²) in [6.07, 6.45) is 8.88. The second-order valence-electron chi connectivity index (χ2n) is 7.99. The fourth-order valence-corrected chi connectivity index (χ4v) is 3.55. The monoisotopic (exact) mass is 356 g/mol. The lowest BCUT2D eigenvalue weighted by atomic mass is 9.75. The first kappa shape index (κ1) is 18.7. The molecular weight excluding hydrogens is 324 g/mol. The van der Waals surface area contributed by atoms with Gasteiger partial charge in [0, 0.05) is 31.7 Å². The van der Waals surface area contributed by atoms with Gasteiger partial charge >= 0.3 is 0 Å². The van der Waals surface area contributed by atoms with E-state index in [0.29, 0.717) is 11.5 Å². The number of nitrogens with one attached hydrogen (secondary N) is 2. The highest BCUT2D eigenvalue weighted by Crippen LogP contribution is 2.34. The second-order valence-corrected chi connectivity index (χ2v) is 7.99. The zero-order chi connectivity index (χ0) is 18.4. The minimum atomic E-state index is 0.495. The van der Waals surface area contributed by atoms with Gasteiger partial charge in [-0.1, -0.05) is 19.9 Å². The molecule has 6 nitrogen and oxygen atoms in total. The lowest BCUT2D eigenvalue weighted by molar-refractivity contribution is 0.216. The van der Waals surface area contributed by atoms with Crippen molar-refractivity contribution < 1.29 is 0 Å². The van der Waals surface area contributed by atoms with Crippen LogP contribution in [0.3, 0.4) is 0 Å². The summed E-state index contributed by atoms with van der Waals surface area (Å²) in [5.74, 6) is 1.95. The molecule has 1 aliphatic carbocycles. The Morgan fingerprint density at radius 2 is 2.08 bits per heavy atom. The average molecular weight is 357 g/mol. The van der Waals surface area contributed by atoms with Gasteiger partial charge in [0.05, 0.1) is 0 Å². The fourth-order valence-electron chi connectivity index (χ4n) is 3.55. The van der Waals surface area contributed by atoms with Crippen LogP contribution in [0.25, 0.3) is 5.65 Å². The Morgan fingerprint density at radius 3 is 2.85 bits per heavy atom. The van der Waals surface area contributed by atoms with E-state index in [2.05, 4.69) is 46.0 Å². The molecule has 2 aromatic heterocycles. The Hall–Kier alpha value is -2.11. The molecule has 3 rings (SSSR count). The van der Waals surface area contributed by atoms with Crippen molar-refractivity contribution in [1.82, 2.24) is 25.2 Å². The summed E-state index contributed by atoms with van der Waals surface area (Å²) >= 11 is 0. The van der Waals surface area contributed by atoms with E-state index < -0.39 is 0 Å². The first-order valence-corrected chi connectivity index (χ1v) is 9.91. The average Bonchev–Trinajstić information content (AvgIpc) is 3.04. The lowest BCUT2D eigenvalue weighted by Gasteiger charge is -2.35. The van der Waals surface area contributed by atoms with Crippen LogP contribution in [0.15, 0.2) is 29.4 Å². The highest BCUT2D eigenvalue weighted by Gasteiger charge is 2.27. The van der Waals surface area contributed by atoms with E-state index in [-0.39, 0.29) is 0 Å². The first-order chi connectivity index (χ1) is 12.6. The smallest absolute Gasteiger partial charge is 0.191 e. The maximum absolute atomic E-state index is 4.76. The van der Waals surface area contributed by atoms with Gasteiger partial charge in [0.15, 0.2) is 11.6 Å². The summed E-state index contributed by atoms with van der Waals surface area (Å²) in [6.45, 7) is 8.53. The molecule has 26 heavy (non-hydrogen) atoms. The van der Waals surface area contributed by atoms with Crippen molar-refractivity contribution in [3.05, 3.63) is 30.2 Å². The molecule has 142 valence electrons. The second kappa shape index (κ2) is 8.52. The maximum atomic E-state index is 4.76. The SMILES string of the molecule is CCNC(=NCCCc1nnc2ccccn12)NC1CCC(C)(C)CC1. The number of fused-ring (bicyclic) bond motifs is 1. The number of guanidine groups is 1. The molecule has 0 radical (unpaired) electrons. The molecule has 1 saturated carbocycles. The summed E-state index contributed by atoms with van der Waals surface area (Å²) in [7, 11) is 0. The standard InChI is InChI=1S/C20H32N6/c1-4-21-19(23-16-10-12-20(2,3)13-11-16)22-14-7-9-18-25-24-17-8-5-6-15-26(17)18/h5-6,8,15-16H,4,7,9-14H2,1-3H3,(H2,21,22,23). The third kappa shape index (κ3) is 4.96. The molecule has 0 unspecified atom stereocenters. The molecule has 6 heteroatoms. The highest BCUT2D eigenvalue weighted by atomic mass is 15.2. The summed E-state index contributed by atoms with van der Waals surface area (Å²) in [5.41, 5.74) is 1.40. The van der Waals surface area contributed by atoms with Gasteiger partial charge < -0.3 is 10.6 Å². The maximum Gasteiger partial charge on any atom is 0.191 e. The number of hydrogen-bond acceptors (Lipinski definition) is 3. The normalized spacial score (nSPS) is 18.2. The number of rotatable bonds is 6. The topological polar surface area (TPSA) is 66.6 Å². The molecular formula is C20H32N6. The third-order valence-electron chi connectivity index (χ3n) is 5.24. The van der Waals surface area contributed by atoms with Crippen LogP contribution in [-0.4, -0.2) is 39.7 Å². The van der Waals surface area contributed by atoms with Crippen molar-refractivity contribution in [2.45, 2.75) is 65.3 Å². The molecule has 1 fully saturated rings. The molecule has 0 aromatic carbocycles. The summed E-state index contributed by atoms with van der Waals surface area (Å²) in [4.78, 5) is 4.76. The molecule has 1 aliphatic rings.